The second kappa shape index (κ2) is 4.94. The second-order valence-electron chi connectivity index (χ2n) is 5.39. The zero-order chi connectivity index (χ0) is 13.2. The van der Waals surface area contributed by atoms with Crippen LogP contribution in [0.25, 0.3) is 0 Å². The Bertz CT molecular complexity index is 304. The van der Waals surface area contributed by atoms with E-state index in [4.69, 9.17) is 4.74 Å². The summed E-state index contributed by atoms with van der Waals surface area (Å²) in [6.45, 7) is 7.42. The quantitative estimate of drug-likeness (QED) is 0.821. The normalized spacial score (nSPS) is 17.4. The van der Waals surface area contributed by atoms with Gasteiger partial charge in [-0.3, -0.25) is 4.90 Å². The van der Waals surface area contributed by atoms with Crippen molar-refractivity contribution in [3.63, 3.8) is 0 Å². The van der Waals surface area contributed by atoms with Gasteiger partial charge in [-0.05, 0) is 46.5 Å². The molecular formula is C12H21NO4. The Labute approximate surface area is 102 Å². The van der Waals surface area contributed by atoms with Crippen LogP contribution in [-0.4, -0.2) is 40.3 Å². The molecule has 0 aromatic carbocycles. The summed E-state index contributed by atoms with van der Waals surface area (Å²) in [7, 11) is 0. The number of carbonyl (C=O) groups is 2. The SMILES string of the molecule is CCN(C(=O)OC(C)(C)C)C(C(=O)O)C1CC1. The highest BCUT2D eigenvalue weighted by molar-refractivity contribution is 5.80. The van der Waals surface area contributed by atoms with E-state index in [9.17, 15) is 14.7 Å². The van der Waals surface area contributed by atoms with Crippen LogP contribution >= 0.6 is 0 Å². The van der Waals surface area contributed by atoms with Crippen molar-refractivity contribution in [2.24, 2.45) is 5.92 Å². The number of carboxylic acids is 1. The lowest BCUT2D eigenvalue weighted by molar-refractivity contribution is -0.144. The van der Waals surface area contributed by atoms with Crippen molar-refractivity contribution in [3.05, 3.63) is 0 Å². The van der Waals surface area contributed by atoms with Crippen LogP contribution in [0.15, 0.2) is 0 Å². The fourth-order valence-electron chi connectivity index (χ4n) is 1.76. The summed E-state index contributed by atoms with van der Waals surface area (Å²) in [6.07, 6.45) is 1.20. The molecule has 5 heteroatoms. The zero-order valence-electron chi connectivity index (χ0n) is 10.9. The number of likely N-dealkylation sites (N-methyl/N-ethyl adjacent to an activating group) is 1. The van der Waals surface area contributed by atoms with Gasteiger partial charge >= 0.3 is 12.1 Å². The van der Waals surface area contributed by atoms with E-state index in [0.717, 1.165) is 12.8 Å². The summed E-state index contributed by atoms with van der Waals surface area (Å²) >= 11 is 0. The van der Waals surface area contributed by atoms with E-state index in [2.05, 4.69) is 0 Å². The Morgan fingerprint density at radius 1 is 1.41 bits per heavy atom. The van der Waals surface area contributed by atoms with E-state index in [0.29, 0.717) is 6.54 Å². The molecule has 0 aromatic heterocycles. The fraction of sp³-hybridized carbons (Fsp3) is 0.833. The van der Waals surface area contributed by atoms with Crippen molar-refractivity contribution < 1.29 is 19.4 Å². The number of hydrogen-bond donors (Lipinski definition) is 1. The van der Waals surface area contributed by atoms with Gasteiger partial charge in [0.05, 0.1) is 0 Å². The summed E-state index contributed by atoms with van der Waals surface area (Å²) in [6, 6.07) is -0.741. The maximum Gasteiger partial charge on any atom is 0.411 e. The Kier molecular flexibility index (Phi) is 4.01. The summed E-state index contributed by atoms with van der Waals surface area (Å²) in [5.41, 5.74) is -0.600. The minimum atomic E-state index is -0.944. The van der Waals surface area contributed by atoms with Crippen molar-refractivity contribution in [3.8, 4) is 0 Å². The molecule has 0 saturated heterocycles. The van der Waals surface area contributed by atoms with Gasteiger partial charge in [0.1, 0.15) is 11.6 Å². The minimum Gasteiger partial charge on any atom is -0.480 e. The van der Waals surface area contributed by atoms with E-state index in [1.54, 1.807) is 27.7 Å². The molecule has 1 aliphatic carbocycles. The predicted molar refractivity (Wildman–Crippen MR) is 62.8 cm³/mol. The van der Waals surface area contributed by atoms with Crippen molar-refractivity contribution in [1.29, 1.82) is 0 Å². The molecule has 0 bridgehead atoms. The van der Waals surface area contributed by atoms with E-state index >= 15 is 0 Å². The Morgan fingerprint density at radius 3 is 2.24 bits per heavy atom. The predicted octanol–water partition coefficient (Wildman–Crippen LogP) is 2.11. The molecule has 1 fully saturated rings. The highest BCUT2D eigenvalue weighted by Crippen LogP contribution is 2.36. The molecule has 0 radical (unpaired) electrons. The molecule has 98 valence electrons. The topological polar surface area (TPSA) is 66.8 Å². The molecule has 0 aromatic rings. The highest BCUT2D eigenvalue weighted by atomic mass is 16.6. The van der Waals surface area contributed by atoms with Gasteiger partial charge < -0.3 is 9.84 Å². The lowest BCUT2D eigenvalue weighted by atomic mass is 10.1. The molecule has 0 heterocycles. The third-order valence-corrected chi connectivity index (χ3v) is 2.63. The number of carbonyl (C=O) groups excluding carboxylic acids is 1. The van der Waals surface area contributed by atoms with Gasteiger partial charge in [0.25, 0.3) is 0 Å². The van der Waals surface area contributed by atoms with Gasteiger partial charge in [-0.15, -0.1) is 0 Å². The average Bonchev–Trinajstić information content (AvgIpc) is 2.93. The molecular weight excluding hydrogens is 222 g/mol. The van der Waals surface area contributed by atoms with E-state index < -0.39 is 23.7 Å². The van der Waals surface area contributed by atoms with Crippen LogP contribution in [0, 0.1) is 5.92 Å². The van der Waals surface area contributed by atoms with Crippen molar-refractivity contribution in [1.82, 2.24) is 4.90 Å². The first-order valence-corrected chi connectivity index (χ1v) is 5.98. The van der Waals surface area contributed by atoms with Gasteiger partial charge in [0.2, 0.25) is 0 Å². The van der Waals surface area contributed by atoms with E-state index in [-0.39, 0.29) is 5.92 Å². The average molecular weight is 243 g/mol. The van der Waals surface area contributed by atoms with Gasteiger partial charge in [0.15, 0.2) is 0 Å². The largest absolute Gasteiger partial charge is 0.480 e. The Hall–Kier alpha value is -1.26. The number of ether oxygens (including phenoxy) is 1. The maximum atomic E-state index is 11.9. The molecule has 17 heavy (non-hydrogen) atoms. The van der Waals surface area contributed by atoms with Crippen molar-refractivity contribution >= 4 is 12.1 Å². The molecule has 0 aliphatic heterocycles. The Balaban J connectivity index is 2.74. The Morgan fingerprint density at radius 2 is 1.94 bits per heavy atom. The van der Waals surface area contributed by atoms with Crippen LogP contribution in [0.2, 0.25) is 0 Å². The molecule has 5 nitrogen and oxygen atoms in total. The summed E-state index contributed by atoms with van der Waals surface area (Å²) < 4.78 is 5.22. The fourth-order valence-corrected chi connectivity index (χ4v) is 1.76. The van der Waals surface area contributed by atoms with Crippen LogP contribution in [0.4, 0.5) is 4.79 Å². The van der Waals surface area contributed by atoms with Crippen molar-refractivity contribution in [2.45, 2.75) is 52.2 Å². The monoisotopic (exact) mass is 243 g/mol. The van der Waals surface area contributed by atoms with Gasteiger partial charge in [-0.1, -0.05) is 0 Å². The first-order chi connectivity index (χ1) is 7.76. The molecule has 1 unspecified atom stereocenters. The molecule has 0 spiro atoms. The number of amides is 1. The van der Waals surface area contributed by atoms with Crippen LogP contribution in [0.1, 0.15) is 40.5 Å². The van der Waals surface area contributed by atoms with Gasteiger partial charge in [0, 0.05) is 6.54 Å². The van der Waals surface area contributed by atoms with Crippen LogP contribution in [-0.2, 0) is 9.53 Å². The first-order valence-electron chi connectivity index (χ1n) is 5.98. The third-order valence-electron chi connectivity index (χ3n) is 2.63. The zero-order valence-corrected chi connectivity index (χ0v) is 10.9. The molecule has 1 atom stereocenters. The molecule has 1 saturated carbocycles. The third kappa shape index (κ3) is 3.91. The van der Waals surface area contributed by atoms with Crippen LogP contribution in [0.5, 0.6) is 0 Å². The smallest absolute Gasteiger partial charge is 0.411 e. The van der Waals surface area contributed by atoms with Crippen LogP contribution in [0.3, 0.4) is 0 Å². The molecule has 1 aliphatic rings. The summed E-state index contributed by atoms with van der Waals surface area (Å²) in [5.74, 6) is -0.861. The van der Waals surface area contributed by atoms with Gasteiger partial charge in [-0.25, -0.2) is 9.59 Å². The molecule has 1 amide bonds. The number of aliphatic carboxylic acids is 1. The summed E-state index contributed by atoms with van der Waals surface area (Å²) in [4.78, 5) is 24.4. The van der Waals surface area contributed by atoms with E-state index in [1.165, 1.54) is 4.90 Å². The number of rotatable bonds is 4. The molecule has 1 N–H and O–H groups in total. The second-order valence-corrected chi connectivity index (χ2v) is 5.39. The lowest BCUT2D eigenvalue weighted by Crippen LogP contribution is -2.48. The number of nitrogens with zero attached hydrogens (tertiary/aromatic N) is 1. The van der Waals surface area contributed by atoms with Crippen LogP contribution < -0.4 is 0 Å². The lowest BCUT2D eigenvalue weighted by Gasteiger charge is -2.30. The van der Waals surface area contributed by atoms with E-state index in [1.807, 2.05) is 0 Å². The standard InChI is InChI=1S/C12H21NO4/c1-5-13(11(16)17-12(2,3)4)9(10(14)15)8-6-7-8/h8-9H,5-7H2,1-4H3,(H,14,15). The minimum absolute atomic E-state index is 0.0833. The molecule has 1 rings (SSSR count). The van der Waals surface area contributed by atoms with Crippen molar-refractivity contribution in [2.75, 3.05) is 6.54 Å². The number of hydrogen-bond acceptors (Lipinski definition) is 3. The maximum absolute atomic E-state index is 11.9. The first kappa shape index (κ1) is 13.8. The number of carboxylic acid groups (broad SMARTS) is 1. The highest BCUT2D eigenvalue weighted by Gasteiger charge is 2.42. The summed E-state index contributed by atoms with van der Waals surface area (Å²) in [5, 5.41) is 9.18. The van der Waals surface area contributed by atoms with Gasteiger partial charge in [-0.2, -0.15) is 0 Å².